The molecule has 1 atom stereocenters. The van der Waals surface area contributed by atoms with Crippen molar-refractivity contribution in [1.29, 1.82) is 0 Å². The number of thioether (sulfide) groups is 1. The Bertz CT molecular complexity index is 1040. The van der Waals surface area contributed by atoms with E-state index in [4.69, 9.17) is 40.2 Å². The Morgan fingerprint density at radius 2 is 1.80 bits per heavy atom. The molecule has 35 heavy (non-hydrogen) atoms. The molecule has 0 bridgehead atoms. The van der Waals surface area contributed by atoms with Gasteiger partial charge in [0, 0.05) is 17.5 Å². The Labute approximate surface area is 226 Å². The van der Waals surface area contributed by atoms with E-state index >= 15 is 0 Å². The van der Waals surface area contributed by atoms with Gasteiger partial charge in [0.1, 0.15) is 6.04 Å². The van der Waals surface area contributed by atoms with E-state index in [0.29, 0.717) is 12.1 Å². The second-order valence-corrected chi connectivity index (χ2v) is 10.9. The van der Waals surface area contributed by atoms with Crippen LogP contribution < -0.4 is 10.6 Å². The fourth-order valence-electron chi connectivity index (χ4n) is 4.26. The first-order valence-electron chi connectivity index (χ1n) is 11.5. The Kier molecular flexibility index (Phi) is 10.3. The van der Waals surface area contributed by atoms with Gasteiger partial charge in [-0.3, -0.25) is 4.79 Å². The van der Waals surface area contributed by atoms with Gasteiger partial charge in [-0.1, -0.05) is 60.0 Å². The Morgan fingerprint density at radius 3 is 2.34 bits per heavy atom. The van der Waals surface area contributed by atoms with Gasteiger partial charge in [-0.25, -0.2) is 4.79 Å². The molecule has 1 amide bonds. The van der Waals surface area contributed by atoms with Gasteiger partial charge in [-0.05, 0) is 67.5 Å². The van der Waals surface area contributed by atoms with Gasteiger partial charge in [0.25, 0.3) is 5.91 Å². The third-order valence-electron chi connectivity index (χ3n) is 6.43. The molecule has 0 heterocycles. The second-order valence-electron chi connectivity index (χ2n) is 8.73. The zero-order valence-corrected chi connectivity index (χ0v) is 23.0. The minimum atomic E-state index is -0.576. The lowest BCUT2D eigenvalue weighted by molar-refractivity contribution is -0.142. The molecule has 0 aliphatic heterocycles. The summed E-state index contributed by atoms with van der Waals surface area (Å²) in [6.45, 7) is 0. The summed E-state index contributed by atoms with van der Waals surface area (Å²) in [7, 11) is 1.39. The molecule has 1 aliphatic rings. The average molecular weight is 554 g/mol. The first-order valence-corrected chi connectivity index (χ1v) is 14.1. The highest BCUT2D eigenvalue weighted by atomic mass is 35.5. The molecule has 1 fully saturated rings. The number of halogens is 2. The molecule has 0 unspecified atom stereocenters. The van der Waals surface area contributed by atoms with Crippen LogP contribution in [0.5, 0.6) is 0 Å². The van der Waals surface area contributed by atoms with E-state index in [1.165, 1.54) is 7.11 Å². The van der Waals surface area contributed by atoms with Crippen molar-refractivity contribution < 1.29 is 14.3 Å². The molecule has 2 N–H and O–H groups in total. The van der Waals surface area contributed by atoms with E-state index < -0.39 is 6.04 Å². The van der Waals surface area contributed by atoms with Crippen molar-refractivity contribution in [2.24, 2.45) is 5.41 Å². The maximum atomic E-state index is 12.6. The summed E-state index contributed by atoms with van der Waals surface area (Å²) in [5, 5.41) is 6.70. The van der Waals surface area contributed by atoms with Crippen LogP contribution in [0.1, 0.15) is 48.0 Å². The van der Waals surface area contributed by atoms with Gasteiger partial charge < -0.3 is 15.4 Å². The Hall–Kier alpha value is -1.80. The monoisotopic (exact) mass is 552 g/mol. The maximum absolute atomic E-state index is 12.6. The quantitative estimate of drug-likeness (QED) is 0.187. The largest absolute Gasteiger partial charge is 0.467 e. The minimum absolute atomic E-state index is 0.00847. The van der Waals surface area contributed by atoms with Crippen molar-refractivity contribution >= 4 is 69.7 Å². The third-order valence-corrected chi connectivity index (χ3v) is 8.31. The summed E-state index contributed by atoms with van der Waals surface area (Å²) in [5.74, 6) is 0.368. The highest BCUT2D eigenvalue weighted by molar-refractivity contribution is 7.98. The van der Waals surface area contributed by atoms with Crippen LogP contribution >= 0.6 is 47.2 Å². The molecular formula is C26H30Cl2N2O3S2. The normalized spacial score (nSPS) is 15.0. The lowest BCUT2D eigenvalue weighted by atomic mass is 9.66. The van der Waals surface area contributed by atoms with Crippen molar-refractivity contribution in [3.05, 3.63) is 63.6 Å². The van der Waals surface area contributed by atoms with Crippen LogP contribution in [-0.2, 0) is 16.0 Å². The van der Waals surface area contributed by atoms with Crippen molar-refractivity contribution in [3.8, 4) is 0 Å². The molecule has 3 rings (SSSR count). The fraction of sp³-hybridized carbons (Fsp3) is 0.423. The van der Waals surface area contributed by atoms with Gasteiger partial charge in [-0.2, -0.15) is 11.8 Å². The molecule has 1 saturated carbocycles. The number of hydrogen-bond acceptors (Lipinski definition) is 5. The van der Waals surface area contributed by atoms with Gasteiger partial charge in [0.15, 0.2) is 0 Å². The minimum Gasteiger partial charge on any atom is -0.467 e. The van der Waals surface area contributed by atoms with E-state index in [1.54, 1.807) is 30.3 Å². The van der Waals surface area contributed by atoms with Crippen LogP contribution in [0.3, 0.4) is 0 Å². The number of methoxy groups -OCH3 is 1. The molecule has 5 nitrogen and oxygen atoms in total. The molecule has 188 valence electrons. The second kappa shape index (κ2) is 12.9. The Morgan fingerprint density at radius 1 is 1.14 bits per heavy atom. The first-order chi connectivity index (χ1) is 16.8. The lowest BCUT2D eigenvalue weighted by Crippen LogP contribution is -2.51. The number of amides is 1. The van der Waals surface area contributed by atoms with Gasteiger partial charge in [0.2, 0.25) is 0 Å². The van der Waals surface area contributed by atoms with Crippen LogP contribution in [0.2, 0.25) is 10.0 Å². The first kappa shape index (κ1) is 27.8. The van der Waals surface area contributed by atoms with Crippen molar-refractivity contribution in [2.45, 2.75) is 44.6 Å². The smallest absolute Gasteiger partial charge is 0.328 e. The summed E-state index contributed by atoms with van der Waals surface area (Å²) < 4.78 is 5.05. The molecule has 9 heteroatoms. The number of rotatable bonds is 11. The molecule has 2 aromatic carbocycles. The van der Waals surface area contributed by atoms with Crippen LogP contribution in [-0.4, -0.2) is 42.0 Å². The highest BCUT2D eigenvalue weighted by Gasteiger charge is 2.41. The summed E-state index contributed by atoms with van der Waals surface area (Å²) >= 11 is 19.9. The summed E-state index contributed by atoms with van der Waals surface area (Å²) in [5.41, 5.74) is 1.72. The number of thiocarbonyl (C=S) groups is 1. The van der Waals surface area contributed by atoms with Crippen LogP contribution in [0, 0.1) is 5.41 Å². The maximum Gasteiger partial charge on any atom is 0.328 e. The van der Waals surface area contributed by atoms with E-state index in [1.807, 2.05) is 23.9 Å². The number of benzene rings is 2. The molecule has 2 aromatic rings. The molecule has 0 aromatic heterocycles. The zero-order valence-electron chi connectivity index (χ0n) is 19.9. The van der Waals surface area contributed by atoms with E-state index in [9.17, 15) is 9.59 Å². The number of hydrogen-bond donors (Lipinski definition) is 2. The SMILES string of the molecule is COC(=O)[C@H](Cc1ccc(NC(=O)c2c(Cl)cccc2Cl)cc1)NC(=S)C1(CCCSC)CCC1. The summed E-state index contributed by atoms with van der Waals surface area (Å²) in [6.07, 6.45) is 7.96. The highest BCUT2D eigenvalue weighted by Crippen LogP contribution is 2.46. The van der Waals surface area contributed by atoms with E-state index in [0.717, 1.165) is 48.4 Å². The molecular weight excluding hydrogens is 523 g/mol. The number of ether oxygens (including phenoxy) is 1. The van der Waals surface area contributed by atoms with Gasteiger partial charge in [-0.15, -0.1) is 0 Å². The van der Waals surface area contributed by atoms with Crippen molar-refractivity contribution in [1.82, 2.24) is 5.32 Å². The van der Waals surface area contributed by atoms with E-state index in [2.05, 4.69) is 16.9 Å². The number of esters is 1. The fourth-order valence-corrected chi connectivity index (χ4v) is 5.71. The standard InChI is InChI=1S/C26H30Cl2N2O3S2/c1-33-24(32)21(30-25(34)26(12-4-13-26)14-5-15-35-2)16-17-8-10-18(11-9-17)29-23(31)22-19(27)6-3-7-20(22)28/h3,6-11,21H,4-5,12-16H2,1-2H3,(H,29,31)(H,30,34)/t21-/m0/s1. The Balaban J connectivity index is 1.65. The lowest BCUT2D eigenvalue weighted by Gasteiger charge is -2.43. The zero-order chi connectivity index (χ0) is 25.4. The topological polar surface area (TPSA) is 67.4 Å². The van der Waals surface area contributed by atoms with Crippen LogP contribution in [0.15, 0.2) is 42.5 Å². The van der Waals surface area contributed by atoms with E-state index in [-0.39, 0.29) is 32.9 Å². The molecule has 0 saturated heterocycles. The van der Waals surface area contributed by atoms with Crippen molar-refractivity contribution in [3.63, 3.8) is 0 Å². The molecule has 0 spiro atoms. The van der Waals surface area contributed by atoms with Crippen LogP contribution in [0.25, 0.3) is 0 Å². The predicted octanol–water partition coefficient (Wildman–Crippen LogP) is 6.56. The summed E-state index contributed by atoms with van der Waals surface area (Å²) in [4.78, 5) is 25.9. The van der Waals surface area contributed by atoms with Crippen LogP contribution in [0.4, 0.5) is 5.69 Å². The number of anilines is 1. The van der Waals surface area contributed by atoms with Gasteiger partial charge in [0.05, 0.1) is 27.7 Å². The third kappa shape index (κ3) is 7.13. The molecule has 1 aliphatic carbocycles. The number of nitrogens with one attached hydrogen (secondary N) is 2. The average Bonchev–Trinajstić information content (AvgIpc) is 2.80. The predicted molar refractivity (Wildman–Crippen MR) is 150 cm³/mol. The number of carbonyl (C=O) groups is 2. The van der Waals surface area contributed by atoms with Crippen molar-refractivity contribution in [2.75, 3.05) is 24.4 Å². The summed E-state index contributed by atoms with van der Waals surface area (Å²) in [6, 6.07) is 11.6. The van der Waals surface area contributed by atoms with Gasteiger partial charge >= 0.3 is 5.97 Å². The number of carbonyl (C=O) groups excluding carboxylic acids is 2. The molecule has 0 radical (unpaired) electrons.